The predicted octanol–water partition coefficient (Wildman–Crippen LogP) is 3.80. The number of aromatic hydroxyl groups is 1. The molecule has 0 atom stereocenters. The van der Waals surface area contributed by atoms with E-state index in [1.54, 1.807) is 6.07 Å². The maximum atomic E-state index is 9.86. The number of phenolic OH excluding ortho intramolecular Hbond substituents is 1. The average Bonchev–Trinajstić information content (AvgIpc) is 2.42. The van der Waals surface area contributed by atoms with E-state index in [-0.39, 0.29) is 5.75 Å². The van der Waals surface area contributed by atoms with Gasteiger partial charge in [0.2, 0.25) is 0 Å². The van der Waals surface area contributed by atoms with Crippen LogP contribution in [0.5, 0.6) is 5.75 Å². The minimum absolute atomic E-state index is 0.281. The fourth-order valence-electron chi connectivity index (χ4n) is 2.57. The van der Waals surface area contributed by atoms with Crippen LogP contribution in [-0.2, 0) is 7.05 Å². The molecular formula is C13H14ClNO. The monoisotopic (exact) mass is 235 g/mol. The largest absolute Gasteiger partial charge is 0.507 e. The number of fused-ring (bicyclic) bond motifs is 1. The highest BCUT2D eigenvalue weighted by atomic mass is 35.5. The van der Waals surface area contributed by atoms with E-state index in [1.807, 2.05) is 19.2 Å². The zero-order chi connectivity index (χ0) is 11.3. The van der Waals surface area contributed by atoms with Gasteiger partial charge in [0.05, 0.1) is 15.9 Å². The van der Waals surface area contributed by atoms with E-state index in [2.05, 4.69) is 4.57 Å². The van der Waals surface area contributed by atoms with Crippen LogP contribution in [0, 0.1) is 0 Å². The molecule has 1 aromatic heterocycles. The van der Waals surface area contributed by atoms with Crippen LogP contribution in [-0.4, -0.2) is 9.67 Å². The molecule has 1 fully saturated rings. The highest BCUT2D eigenvalue weighted by Gasteiger charge is 2.27. The standard InChI is InChI=1S/C13H14ClNO/c1-15-9-6-3-7-10(16)11(9)12(14)13(15)8-4-2-5-8/h3,6-8,16H,2,4-5H2,1H3. The van der Waals surface area contributed by atoms with Gasteiger partial charge in [0.25, 0.3) is 0 Å². The van der Waals surface area contributed by atoms with E-state index in [0.29, 0.717) is 5.92 Å². The Labute approximate surface area is 99.4 Å². The molecule has 2 aromatic rings. The lowest BCUT2D eigenvalue weighted by Gasteiger charge is -2.26. The van der Waals surface area contributed by atoms with Gasteiger partial charge < -0.3 is 9.67 Å². The molecular weight excluding hydrogens is 222 g/mol. The normalized spacial score (nSPS) is 16.6. The lowest BCUT2D eigenvalue weighted by atomic mass is 9.83. The number of hydrogen-bond donors (Lipinski definition) is 1. The van der Waals surface area contributed by atoms with E-state index < -0.39 is 0 Å². The second-order valence-electron chi connectivity index (χ2n) is 4.56. The van der Waals surface area contributed by atoms with Gasteiger partial charge in [0.1, 0.15) is 5.75 Å². The molecule has 1 aliphatic carbocycles. The third kappa shape index (κ3) is 1.20. The van der Waals surface area contributed by atoms with Gasteiger partial charge in [-0.25, -0.2) is 0 Å². The van der Waals surface area contributed by atoms with Crippen molar-refractivity contribution in [2.24, 2.45) is 7.05 Å². The zero-order valence-corrected chi connectivity index (χ0v) is 9.96. The van der Waals surface area contributed by atoms with E-state index in [4.69, 9.17) is 11.6 Å². The number of hydrogen-bond acceptors (Lipinski definition) is 1. The van der Waals surface area contributed by atoms with E-state index in [9.17, 15) is 5.11 Å². The molecule has 1 N–H and O–H groups in total. The topological polar surface area (TPSA) is 25.2 Å². The van der Waals surface area contributed by atoms with Crippen molar-refractivity contribution in [2.45, 2.75) is 25.2 Å². The molecule has 1 saturated carbocycles. The Balaban J connectivity index is 2.33. The van der Waals surface area contributed by atoms with Crippen molar-refractivity contribution in [3.8, 4) is 5.75 Å². The van der Waals surface area contributed by atoms with Crippen LogP contribution in [0.3, 0.4) is 0 Å². The maximum absolute atomic E-state index is 9.86. The first-order chi connectivity index (χ1) is 7.70. The summed E-state index contributed by atoms with van der Waals surface area (Å²) in [4.78, 5) is 0. The van der Waals surface area contributed by atoms with Gasteiger partial charge >= 0.3 is 0 Å². The molecule has 1 aliphatic rings. The summed E-state index contributed by atoms with van der Waals surface area (Å²) in [7, 11) is 2.03. The van der Waals surface area contributed by atoms with Crippen molar-refractivity contribution in [1.82, 2.24) is 4.57 Å². The summed E-state index contributed by atoms with van der Waals surface area (Å²) in [6, 6.07) is 5.56. The molecule has 1 heterocycles. The van der Waals surface area contributed by atoms with Crippen LogP contribution < -0.4 is 0 Å². The van der Waals surface area contributed by atoms with E-state index in [1.165, 1.54) is 25.0 Å². The van der Waals surface area contributed by atoms with Crippen molar-refractivity contribution in [3.63, 3.8) is 0 Å². The van der Waals surface area contributed by atoms with Crippen LogP contribution >= 0.6 is 11.6 Å². The molecule has 3 rings (SSSR count). The summed E-state index contributed by atoms with van der Waals surface area (Å²) >= 11 is 6.39. The Kier molecular flexibility index (Phi) is 2.15. The van der Waals surface area contributed by atoms with Crippen LogP contribution in [0.1, 0.15) is 30.9 Å². The van der Waals surface area contributed by atoms with Gasteiger partial charge in [-0.1, -0.05) is 24.1 Å². The zero-order valence-electron chi connectivity index (χ0n) is 9.20. The summed E-state index contributed by atoms with van der Waals surface area (Å²) in [5, 5.41) is 11.4. The number of rotatable bonds is 1. The number of aryl methyl sites for hydroxylation is 1. The molecule has 1 aromatic carbocycles. The van der Waals surface area contributed by atoms with Gasteiger partial charge in [-0.2, -0.15) is 0 Å². The van der Waals surface area contributed by atoms with Crippen molar-refractivity contribution in [3.05, 3.63) is 28.9 Å². The second-order valence-corrected chi connectivity index (χ2v) is 4.94. The molecule has 0 radical (unpaired) electrons. The minimum Gasteiger partial charge on any atom is -0.507 e. The first-order valence-corrected chi connectivity index (χ1v) is 6.03. The summed E-state index contributed by atoms with van der Waals surface area (Å²) < 4.78 is 2.13. The number of nitrogens with zero attached hydrogens (tertiary/aromatic N) is 1. The quantitative estimate of drug-likeness (QED) is 0.799. The Morgan fingerprint density at radius 2 is 2.12 bits per heavy atom. The molecule has 0 bridgehead atoms. The molecule has 0 unspecified atom stereocenters. The van der Waals surface area contributed by atoms with Crippen LogP contribution in [0.2, 0.25) is 5.02 Å². The molecule has 84 valence electrons. The maximum Gasteiger partial charge on any atom is 0.126 e. The number of benzene rings is 1. The molecule has 2 nitrogen and oxygen atoms in total. The third-order valence-corrected chi connectivity index (χ3v) is 4.06. The smallest absolute Gasteiger partial charge is 0.126 e. The minimum atomic E-state index is 0.281. The molecule has 16 heavy (non-hydrogen) atoms. The predicted molar refractivity (Wildman–Crippen MR) is 66.2 cm³/mol. The Morgan fingerprint density at radius 3 is 2.69 bits per heavy atom. The van der Waals surface area contributed by atoms with E-state index >= 15 is 0 Å². The fraction of sp³-hybridized carbons (Fsp3) is 0.385. The van der Waals surface area contributed by atoms with Crippen LogP contribution in [0.4, 0.5) is 0 Å². The Morgan fingerprint density at radius 1 is 1.38 bits per heavy atom. The summed E-state index contributed by atoms with van der Waals surface area (Å²) in [6.45, 7) is 0. The summed E-state index contributed by atoms with van der Waals surface area (Å²) in [5.41, 5.74) is 2.20. The summed E-state index contributed by atoms with van der Waals surface area (Å²) in [5.74, 6) is 0.855. The second kappa shape index (κ2) is 3.42. The van der Waals surface area contributed by atoms with Crippen molar-refractivity contribution < 1.29 is 5.11 Å². The Hall–Kier alpha value is -1.15. The number of halogens is 1. The van der Waals surface area contributed by atoms with Crippen LogP contribution in [0.25, 0.3) is 10.9 Å². The molecule has 0 amide bonds. The first kappa shape index (κ1) is 10.0. The third-order valence-electron chi connectivity index (χ3n) is 3.68. The SMILES string of the molecule is Cn1c(C2CCC2)c(Cl)c2c(O)cccc21. The van der Waals surface area contributed by atoms with Gasteiger partial charge in [-0.15, -0.1) is 0 Å². The molecule has 0 saturated heterocycles. The van der Waals surface area contributed by atoms with Gasteiger partial charge in [-0.3, -0.25) is 0 Å². The van der Waals surface area contributed by atoms with Gasteiger partial charge in [0, 0.05) is 18.7 Å². The van der Waals surface area contributed by atoms with Crippen molar-refractivity contribution in [1.29, 1.82) is 0 Å². The average molecular weight is 236 g/mol. The first-order valence-electron chi connectivity index (χ1n) is 5.66. The van der Waals surface area contributed by atoms with Gasteiger partial charge in [0.15, 0.2) is 0 Å². The van der Waals surface area contributed by atoms with Crippen molar-refractivity contribution in [2.75, 3.05) is 0 Å². The van der Waals surface area contributed by atoms with Crippen LogP contribution in [0.15, 0.2) is 18.2 Å². The lowest BCUT2D eigenvalue weighted by molar-refractivity contribution is 0.404. The molecule has 0 spiro atoms. The van der Waals surface area contributed by atoms with Crippen molar-refractivity contribution >= 4 is 22.5 Å². The highest BCUT2D eigenvalue weighted by Crippen LogP contribution is 2.45. The lowest BCUT2D eigenvalue weighted by Crippen LogP contribution is -2.12. The fourth-order valence-corrected chi connectivity index (χ4v) is 3.05. The Bertz CT molecular complexity index is 555. The summed E-state index contributed by atoms with van der Waals surface area (Å²) in [6.07, 6.45) is 3.71. The van der Waals surface area contributed by atoms with Gasteiger partial charge in [-0.05, 0) is 25.0 Å². The molecule has 0 aliphatic heterocycles. The highest BCUT2D eigenvalue weighted by molar-refractivity contribution is 6.37. The van der Waals surface area contributed by atoms with E-state index in [0.717, 1.165) is 15.9 Å². The number of aromatic nitrogens is 1. The molecule has 3 heteroatoms. The number of phenols is 1.